The fourth-order valence-corrected chi connectivity index (χ4v) is 2.47. The monoisotopic (exact) mass is 312 g/mol. The van der Waals surface area contributed by atoms with Crippen LogP contribution in [0.2, 0.25) is 0 Å². The van der Waals surface area contributed by atoms with E-state index in [-0.39, 0.29) is 0 Å². The summed E-state index contributed by atoms with van der Waals surface area (Å²) in [7, 11) is 1.65. The summed E-state index contributed by atoms with van der Waals surface area (Å²) in [5, 5.41) is 0. The fourth-order valence-electron chi connectivity index (χ4n) is 2.47. The molecule has 5 nitrogen and oxygen atoms in total. The van der Waals surface area contributed by atoms with Gasteiger partial charge < -0.3 is 19.2 Å². The van der Waals surface area contributed by atoms with Crippen LogP contribution in [0.3, 0.4) is 0 Å². The van der Waals surface area contributed by atoms with E-state index in [0.29, 0.717) is 13.2 Å². The van der Waals surface area contributed by atoms with Gasteiger partial charge >= 0.3 is 0 Å². The minimum atomic E-state index is 0.580. The number of H-pyrrole nitrogens is 1. The number of fused-ring (bicyclic) bond motifs is 1. The summed E-state index contributed by atoms with van der Waals surface area (Å²) in [5.41, 5.74) is 2.72. The lowest BCUT2D eigenvalue weighted by atomic mass is 10.2. The van der Waals surface area contributed by atoms with Crippen LogP contribution >= 0.6 is 0 Å². The molecule has 0 aliphatic rings. The maximum atomic E-state index is 5.75. The molecule has 3 rings (SSSR count). The van der Waals surface area contributed by atoms with E-state index in [4.69, 9.17) is 14.2 Å². The van der Waals surface area contributed by atoms with Gasteiger partial charge in [0.15, 0.2) is 0 Å². The zero-order chi connectivity index (χ0) is 16.2. The Bertz CT molecular complexity index is 811. The normalized spacial score (nSPS) is 10.7. The van der Waals surface area contributed by atoms with E-state index >= 15 is 0 Å². The summed E-state index contributed by atoms with van der Waals surface area (Å²) in [5.74, 6) is 3.10. The molecule has 0 unspecified atom stereocenters. The number of aromatic amines is 1. The molecular formula is C18H20N2O3. The van der Waals surface area contributed by atoms with Crippen molar-refractivity contribution in [1.82, 2.24) is 9.97 Å². The standard InChI is InChI=1S/C18H20N2O3/c1-4-22-13-6-8-14(17(11-13)23-5-2)18-19-15-9-7-12(21-3)10-16(15)20-18/h6-11H,4-5H2,1-3H3,(H,19,20). The van der Waals surface area contributed by atoms with Crippen LogP contribution in [0.5, 0.6) is 17.2 Å². The highest BCUT2D eigenvalue weighted by Crippen LogP contribution is 2.33. The van der Waals surface area contributed by atoms with E-state index < -0.39 is 0 Å². The highest BCUT2D eigenvalue weighted by molar-refractivity contribution is 5.82. The number of methoxy groups -OCH3 is 1. The fraction of sp³-hybridized carbons (Fsp3) is 0.278. The Labute approximate surface area is 135 Å². The summed E-state index contributed by atoms with van der Waals surface area (Å²) >= 11 is 0. The van der Waals surface area contributed by atoms with E-state index in [1.807, 2.05) is 50.2 Å². The van der Waals surface area contributed by atoms with Crippen molar-refractivity contribution in [3.8, 4) is 28.6 Å². The van der Waals surface area contributed by atoms with Gasteiger partial charge in [-0.1, -0.05) is 0 Å². The molecule has 1 aromatic heterocycles. The topological polar surface area (TPSA) is 56.4 Å². The molecule has 120 valence electrons. The average Bonchev–Trinajstić information content (AvgIpc) is 2.98. The maximum Gasteiger partial charge on any atom is 0.142 e. The van der Waals surface area contributed by atoms with E-state index in [2.05, 4.69) is 9.97 Å². The van der Waals surface area contributed by atoms with Gasteiger partial charge in [-0.15, -0.1) is 0 Å². The number of benzene rings is 2. The molecule has 0 atom stereocenters. The van der Waals surface area contributed by atoms with Crippen LogP contribution in [0.25, 0.3) is 22.4 Å². The average molecular weight is 312 g/mol. The van der Waals surface area contributed by atoms with E-state index in [1.54, 1.807) is 7.11 Å². The third kappa shape index (κ3) is 3.08. The molecule has 0 aliphatic carbocycles. The van der Waals surface area contributed by atoms with Gasteiger partial charge in [0, 0.05) is 12.1 Å². The number of nitrogens with zero attached hydrogens (tertiary/aromatic N) is 1. The van der Waals surface area contributed by atoms with Crippen LogP contribution in [0.1, 0.15) is 13.8 Å². The third-order valence-electron chi connectivity index (χ3n) is 3.51. The lowest BCUT2D eigenvalue weighted by molar-refractivity contribution is 0.324. The highest BCUT2D eigenvalue weighted by Gasteiger charge is 2.13. The van der Waals surface area contributed by atoms with Gasteiger partial charge in [0.05, 0.1) is 36.9 Å². The van der Waals surface area contributed by atoms with Gasteiger partial charge in [-0.2, -0.15) is 0 Å². The Morgan fingerprint density at radius 1 is 0.957 bits per heavy atom. The number of hydrogen-bond donors (Lipinski definition) is 1. The molecule has 2 aromatic carbocycles. The summed E-state index contributed by atoms with van der Waals surface area (Å²) in [6, 6.07) is 11.6. The van der Waals surface area contributed by atoms with Crippen molar-refractivity contribution in [2.75, 3.05) is 20.3 Å². The van der Waals surface area contributed by atoms with Gasteiger partial charge in [-0.3, -0.25) is 0 Å². The molecule has 23 heavy (non-hydrogen) atoms. The van der Waals surface area contributed by atoms with Gasteiger partial charge in [-0.25, -0.2) is 4.98 Å². The quantitative estimate of drug-likeness (QED) is 0.746. The second-order valence-electron chi connectivity index (χ2n) is 4.99. The number of aromatic nitrogens is 2. The van der Waals surface area contributed by atoms with E-state index in [0.717, 1.165) is 39.7 Å². The summed E-state index contributed by atoms with van der Waals surface area (Å²) in [6.07, 6.45) is 0. The highest BCUT2D eigenvalue weighted by atomic mass is 16.5. The number of imidazole rings is 1. The zero-order valence-electron chi connectivity index (χ0n) is 13.6. The number of nitrogens with one attached hydrogen (secondary N) is 1. The second kappa shape index (κ2) is 6.60. The Kier molecular flexibility index (Phi) is 4.37. The summed E-state index contributed by atoms with van der Waals surface area (Å²) < 4.78 is 16.6. The van der Waals surface area contributed by atoms with Gasteiger partial charge in [0.25, 0.3) is 0 Å². The molecule has 0 aliphatic heterocycles. The van der Waals surface area contributed by atoms with Crippen LogP contribution in [0.4, 0.5) is 0 Å². The molecule has 0 radical (unpaired) electrons. The SMILES string of the molecule is CCOc1ccc(-c2nc3ccc(OC)cc3[nH]2)c(OCC)c1. The molecule has 3 aromatic rings. The van der Waals surface area contributed by atoms with Gasteiger partial charge in [0.1, 0.15) is 23.1 Å². The van der Waals surface area contributed by atoms with Crippen molar-refractivity contribution in [2.24, 2.45) is 0 Å². The first-order chi connectivity index (χ1) is 11.2. The van der Waals surface area contributed by atoms with Crippen molar-refractivity contribution >= 4 is 11.0 Å². The molecule has 0 saturated carbocycles. The lowest BCUT2D eigenvalue weighted by Crippen LogP contribution is -1.97. The first kappa shape index (κ1) is 15.2. The Hall–Kier alpha value is -2.69. The van der Waals surface area contributed by atoms with Crippen LogP contribution in [0.15, 0.2) is 36.4 Å². The van der Waals surface area contributed by atoms with Crippen LogP contribution in [0, 0.1) is 0 Å². The summed E-state index contributed by atoms with van der Waals surface area (Å²) in [4.78, 5) is 7.97. The molecule has 0 saturated heterocycles. The van der Waals surface area contributed by atoms with Crippen molar-refractivity contribution < 1.29 is 14.2 Å². The van der Waals surface area contributed by atoms with Crippen LogP contribution in [-0.2, 0) is 0 Å². The first-order valence-electron chi connectivity index (χ1n) is 7.69. The van der Waals surface area contributed by atoms with Crippen LogP contribution < -0.4 is 14.2 Å². The number of rotatable bonds is 6. The predicted molar refractivity (Wildman–Crippen MR) is 90.4 cm³/mol. The molecule has 0 bridgehead atoms. The molecule has 0 spiro atoms. The third-order valence-corrected chi connectivity index (χ3v) is 3.51. The van der Waals surface area contributed by atoms with Gasteiger partial charge in [0.2, 0.25) is 0 Å². The summed E-state index contributed by atoms with van der Waals surface area (Å²) in [6.45, 7) is 5.12. The smallest absolute Gasteiger partial charge is 0.142 e. The first-order valence-corrected chi connectivity index (χ1v) is 7.69. The van der Waals surface area contributed by atoms with Crippen molar-refractivity contribution in [1.29, 1.82) is 0 Å². The predicted octanol–water partition coefficient (Wildman–Crippen LogP) is 4.04. The van der Waals surface area contributed by atoms with Crippen molar-refractivity contribution in [2.45, 2.75) is 13.8 Å². The number of ether oxygens (including phenoxy) is 3. The largest absolute Gasteiger partial charge is 0.497 e. The van der Waals surface area contributed by atoms with E-state index in [1.165, 1.54) is 0 Å². The van der Waals surface area contributed by atoms with Gasteiger partial charge in [-0.05, 0) is 38.1 Å². The minimum absolute atomic E-state index is 0.580. The Morgan fingerprint density at radius 3 is 2.48 bits per heavy atom. The maximum absolute atomic E-state index is 5.75. The molecule has 1 N–H and O–H groups in total. The van der Waals surface area contributed by atoms with Crippen molar-refractivity contribution in [3.05, 3.63) is 36.4 Å². The van der Waals surface area contributed by atoms with E-state index in [9.17, 15) is 0 Å². The zero-order valence-corrected chi connectivity index (χ0v) is 13.6. The molecule has 5 heteroatoms. The second-order valence-corrected chi connectivity index (χ2v) is 4.99. The molecule has 1 heterocycles. The van der Waals surface area contributed by atoms with Crippen molar-refractivity contribution in [3.63, 3.8) is 0 Å². The molecular weight excluding hydrogens is 292 g/mol. The lowest BCUT2D eigenvalue weighted by Gasteiger charge is -2.11. The Morgan fingerprint density at radius 2 is 1.74 bits per heavy atom. The van der Waals surface area contributed by atoms with Crippen LogP contribution in [-0.4, -0.2) is 30.3 Å². The molecule has 0 fully saturated rings. The molecule has 0 amide bonds. The minimum Gasteiger partial charge on any atom is -0.497 e. The number of hydrogen-bond acceptors (Lipinski definition) is 4. The Balaban J connectivity index is 2.05.